The summed E-state index contributed by atoms with van der Waals surface area (Å²) in [4.78, 5) is 14.9. The van der Waals surface area contributed by atoms with Crippen LogP contribution in [0.5, 0.6) is 0 Å². The monoisotopic (exact) mass is 385 g/mol. The van der Waals surface area contributed by atoms with Gasteiger partial charge in [0.1, 0.15) is 10.6 Å². The van der Waals surface area contributed by atoms with E-state index in [1.165, 1.54) is 4.31 Å². The Labute approximate surface area is 154 Å². The Morgan fingerprint density at radius 3 is 2.38 bits per heavy atom. The van der Waals surface area contributed by atoms with Crippen molar-refractivity contribution in [3.8, 4) is 0 Å². The van der Waals surface area contributed by atoms with Gasteiger partial charge in [0.2, 0.25) is 15.9 Å². The second kappa shape index (κ2) is 7.28. The molecule has 1 aromatic heterocycles. The predicted octanol–water partition coefficient (Wildman–Crippen LogP) is 1.33. The summed E-state index contributed by atoms with van der Waals surface area (Å²) in [6.45, 7) is 8.82. The Hall–Kier alpha value is -1.45. The van der Waals surface area contributed by atoms with Crippen LogP contribution >= 0.6 is 0 Å². The number of sulfonamides is 1. The maximum absolute atomic E-state index is 13.0. The minimum atomic E-state index is -3.72. The molecule has 3 heterocycles. The van der Waals surface area contributed by atoms with Gasteiger partial charge < -0.3 is 14.2 Å². The molecule has 0 aliphatic carbocycles. The number of morpholine rings is 1. The molecule has 2 aliphatic heterocycles. The zero-order valence-corrected chi connectivity index (χ0v) is 16.6. The number of piperidine rings is 1. The van der Waals surface area contributed by atoms with Crippen molar-refractivity contribution in [3.63, 3.8) is 0 Å². The molecule has 2 aliphatic rings. The number of nitrogens with zero attached hydrogens (tertiary/aromatic N) is 3. The lowest BCUT2D eigenvalue weighted by Gasteiger charge is -2.39. The van der Waals surface area contributed by atoms with Gasteiger partial charge in [-0.2, -0.15) is 4.31 Å². The van der Waals surface area contributed by atoms with Crippen molar-refractivity contribution in [2.24, 2.45) is 5.92 Å². The van der Waals surface area contributed by atoms with Crippen LogP contribution in [0.15, 0.2) is 9.42 Å². The van der Waals surface area contributed by atoms with Crippen molar-refractivity contribution in [2.75, 3.05) is 26.2 Å². The number of carbonyl (C=O) groups excluding carboxylic acids is 1. The topological polar surface area (TPSA) is 93.0 Å². The molecule has 0 spiro atoms. The van der Waals surface area contributed by atoms with Gasteiger partial charge in [0.25, 0.3) is 0 Å². The van der Waals surface area contributed by atoms with Gasteiger partial charge in [-0.3, -0.25) is 4.79 Å². The average molecular weight is 385 g/mol. The van der Waals surface area contributed by atoms with E-state index in [1.54, 1.807) is 13.8 Å². The summed E-state index contributed by atoms with van der Waals surface area (Å²) in [6, 6.07) is 0. The standard InChI is InChI=1S/C17H27N3O5S/c1-11-8-19(9-12(2)24-11)17(21)15-6-5-7-20(10-15)26(22,23)16-13(3)18-25-14(16)4/h11-12,15H,5-10H2,1-4H3. The first kappa shape index (κ1) is 19.3. The van der Waals surface area contributed by atoms with E-state index in [0.717, 1.165) is 0 Å². The second-order valence-corrected chi connectivity index (χ2v) is 9.23. The SMILES string of the molecule is Cc1noc(C)c1S(=O)(=O)N1CCCC(C(=O)N2CC(C)OC(C)C2)C1. The Balaban J connectivity index is 1.76. The summed E-state index contributed by atoms with van der Waals surface area (Å²) >= 11 is 0. The molecule has 0 N–H and O–H groups in total. The third-order valence-electron chi connectivity index (χ3n) is 5.03. The fourth-order valence-electron chi connectivity index (χ4n) is 3.95. The Morgan fingerprint density at radius 1 is 1.15 bits per heavy atom. The molecule has 0 radical (unpaired) electrons. The number of aryl methyl sites for hydroxylation is 2. The highest BCUT2D eigenvalue weighted by Crippen LogP contribution is 2.29. The van der Waals surface area contributed by atoms with Crippen LogP contribution in [0.4, 0.5) is 0 Å². The van der Waals surface area contributed by atoms with Crippen molar-refractivity contribution in [1.29, 1.82) is 0 Å². The van der Waals surface area contributed by atoms with E-state index < -0.39 is 10.0 Å². The van der Waals surface area contributed by atoms with E-state index in [4.69, 9.17) is 9.26 Å². The molecule has 26 heavy (non-hydrogen) atoms. The first-order valence-corrected chi connectivity index (χ1v) is 10.5. The normalized spacial score (nSPS) is 28.3. The smallest absolute Gasteiger partial charge is 0.248 e. The summed E-state index contributed by atoms with van der Waals surface area (Å²) in [5.41, 5.74) is 0.353. The molecular formula is C17H27N3O5S. The lowest BCUT2D eigenvalue weighted by atomic mass is 9.97. The van der Waals surface area contributed by atoms with Crippen LogP contribution in [0, 0.1) is 19.8 Å². The van der Waals surface area contributed by atoms with E-state index in [-0.39, 0.29) is 41.2 Å². The molecule has 3 atom stereocenters. The highest BCUT2D eigenvalue weighted by Gasteiger charge is 2.38. The molecular weight excluding hydrogens is 358 g/mol. The van der Waals surface area contributed by atoms with Gasteiger partial charge in [0.05, 0.1) is 18.1 Å². The highest BCUT2D eigenvalue weighted by atomic mass is 32.2. The van der Waals surface area contributed by atoms with Crippen molar-refractivity contribution in [3.05, 3.63) is 11.5 Å². The van der Waals surface area contributed by atoms with E-state index in [2.05, 4.69) is 5.16 Å². The number of hydrogen-bond donors (Lipinski definition) is 0. The van der Waals surface area contributed by atoms with Gasteiger partial charge >= 0.3 is 0 Å². The zero-order valence-electron chi connectivity index (χ0n) is 15.8. The van der Waals surface area contributed by atoms with Crippen molar-refractivity contribution >= 4 is 15.9 Å². The number of amides is 1. The van der Waals surface area contributed by atoms with E-state index in [0.29, 0.717) is 38.2 Å². The van der Waals surface area contributed by atoms with E-state index >= 15 is 0 Å². The third kappa shape index (κ3) is 3.65. The number of hydrogen-bond acceptors (Lipinski definition) is 6. The maximum Gasteiger partial charge on any atom is 0.248 e. The van der Waals surface area contributed by atoms with Gasteiger partial charge in [-0.15, -0.1) is 0 Å². The molecule has 1 aromatic rings. The summed E-state index contributed by atoms with van der Waals surface area (Å²) < 4.78 is 38.1. The molecule has 146 valence electrons. The molecule has 0 bridgehead atoms. The van der Waals surface area contributed by atoms with E-state index in [9.17, 15) is 13.2 Å². The summed E-state index contributed by atoms with van der Waals surface area (Å²) in [6.07, 6.45) is 1.35. The predicted molar refractivity (Wildman–Crippen MR) is 94.0 cm³/mol. The highest BCUT2D eigenvalue weighted by molar-refractivity contribution is 7.89. The Morgan fingerprint density at radius 2 is 1.81 bits per heavy atom. The van der Waals surface area contributed by atoms with Crippen LogP contribution in [-0.4, -0.2) is 67.1 Å². The van der Waals surface area contributed by atoms with Crippen LogP contribution in [0.2, 0.25) is 0 Å². The summed E-state index contributed by atoms with van der Waals surface area (Å²) in [5.74, 6) is -0.0195. The fraction of sp³-hybridized carbons (Fsp3) is 0.765. The number of carbonyl (C=O) groups is 1. The lowest BCUT2D eigenvalue weighted by Crippen LogP contribution is -2.53. The molecule has 2 fully saturated rings. The minimum absolute atomic E-state index is 0.00608. The van der Waals surface area contributed by atoms with Crippen molar-refractivity contribution < 1.29 is 22.5 Å². The van der Waals surface area contributed by atoms with Crippen molar-refractivity contribution in [2.45, 2.75) is 57.6 Å². The lowest BCUT2D eigenvalue weighted by molar-refractivity contribution is -0.148. The largest absolute Gasteiger partial charge is 0.372 e. The van der Waals surface area contributed by atoms with Gasteiger partial charge in [-0.1, -0.05) is 5.16 Å². The molecule has 0 saturated carbocycles. The van der Waals surface area contributed by atoms with Crippen LogP contribution in [-0.2, 0) is 19.6 Å². The number of ether oxygens (including phenoxy) is 1. The van der Waals surface area contributed by atoms with Crippen LogP contribution in [0.25, 0.3) is 0 Å². The maximum atomic E-state index is 13.0. The van der Waals surface area contributed by atoms with Crippen molar-refractivity contribution in [1.82, 2.24) is 14.4 Å². The first-order valence-electron chi connectivity index (χ1n) is 9.07. The summed E-state index contributed by atoms with van der Waals surface area (Å²) in [7, 11) is -3.72. The average Bonchev–Trinajstić information content (AvgIpc) is 2.92. The minimum Gasteiger partial charge on any atom is -0.372 e. The molecule has 9 heteroatoms. The van der Waals surface area contributed by atoms with Crippen LogP contribution in [0.1, 0.15) is 38.1 Å². The first-order chi connectivity index (χ1) is 12.2. The third-order valence-corrected chi connectivity index (χ3v) is 7.14. The number of aromatic nitrogens is 1. The van der Waals surface area contributed by atoms with Gasteiger partial charge in [0, 0.05) is 26.2 Å². The number of rotatable bonds is 3. The van der Waals surface area contributed by atoms with Crippen LogP contribution < -0.4 is 0 Å². The second-order valence-electron chi connectivity index (χ2n) is 7.36. The fourth-order valence-corrected chi connectivity index (χ4v) is 5.77. The molecule has 3 rings (SSSR count). The van der Waals surface area contributed by atoms with E-state index in [1.807, 2.05) is 18.7 Å². The van der Waals surface area contributed by atoms with Gasteiger partial charge in [-0.05, 0) is 40.5 Å². The molecule has 2 saturated heterocycles. The quantitative estimate of drug-likeness (QED) is 0.779. The molecule has 3 unspecified atom stereocenters. The zero-order chi connectivity index (χ0) is 19.1. The Bertz CT molecular complexity index is 746. The van der Waals surface area contributed by atoms with Crippen LogP contribution in [0.3, 0.4) is 0 Å². The summed E-state index contributed by atoms with van der Waals surface area (Å²) in [5, 5.41) is 3.75. The van der Waals surface area contributed by atoms with Gasteiger partial charge in [-0.25, -0.2) is 8.42 Å². The Kier molecular flexibility index (Phi) is 5.41. The molecule has 0 aromatic carbocycles. The molecule has 8 nitrogen and oxygen atoms in total. The van der Waals surface area contributed by atoms with Gasteiger partial charge in [0.15, 0.2) is 5.76 Å². The molecule has 1 amide bonds.